The van der Waals surface area contributed by atoms with Gasteiger partial charge in [0.2, 0.25) is 5.82 Å². The Hall–Kier alpha value is -1.69. The Morgan fingerprint density at radius 2 is 2.38 bits per heavy atom. The van der Waals surface area contributed by atoms with Gasteiger partial charge in [0.05, 0.1) is 7.11 Å². The highest BCUT2D eigenvalue weighted by atomic mass is 16.5. The lowest BCUT2D eigenvalue weighted by Gasteiger charge is -2.20. The van der Waals surface area contributed by atoms with Crippen molar-refractivity contribution >= 4 is 11.8 Å². The van der Waals surface area contributed by atoms with Crippen molar-refractivity contribution in [2.45, 2.75) is 6.92 Å². The van der Waals surface area contributed by atoms with Gasteiger partial charge < -0.3 is 15.4 Å². The molecule has 0 aromatic carbocycles. The molecule has 0 radical (unpaired) electrons. The van der Waals surface area contributed by atoms with Crippen LogP contribution in [0.1, 0.15) is 17.5 Å². The molecule has 0 aliphatic carbocycles. The van der Waals surface area contributed by atoms with Crippen LogP contribution in [-0.2, 0) is 4.74 Å². The summed E-state index contributed by atoms with van der Waals surface area (Å²) in [5.74, 6) is 0.212. The van der Waals surface area contributed by atoms with Crippen molar-refractivity contribution in [2.24, 2.45) is 5.73 Å². The second-order valence-corrected chi connectivity index (χ2v) is 3.10. The Bertz CT molecular complexity index is 356. The number of anilines is 1. The van der Waals surface area contributed by atoms with Crippen LogP contribution in [-0.4, -0.2) is 42.7 Å². The number of carbonyl (C=O) groups excluding carboxylic acids is 1. The van der Waals surface area contributed by atoms with Crippen LogP contribution in [0, 0.1) is 0 Å². The van der Waals surface area contributed by atoms with Gasteiger partial charge in [0.1, 0.15) is 5.82 Å². The monoisotopic (exact) mass is 224 g/mol. The summed E-state index contributed by atoms with van der Waals surface area (Å²) in [5.41, 5.74) is 5.49. The molecule has 1 aromatic heterocycles. The standard InChI is InChI=1S/C10H16N4O2/c1-3-14(7-5-11)8-4-6-12-9(13-8)10(15)16-2/h4,6H,3,5,7,11H2,1-2H3. The summed E-state index contributed by atoms with van der Waals surface area (Å²) in [7, 11) is 1.30. The van der Waals surface area contributed by atoms with Crippen molar-refractivity contribution in [3.63, 3.8) is 0 Å². The summed E-state index contributed by atoms with van der Waals surface area (Å²) in [5, 5.41) is 0. The van der Waals surface area contributed by atoms with E-state index >= 15 is 0 Å². The SMILES string of the molecule is CCN(CCN)c1ccnc(C(=O)OC)n1. The lowest BCUT2D eigenvalue weighted by atomic mass is 10.4. The van der Waals surface area contributed by atoms with Gasteiger partial charge in [-0.15, -0.1) is 0 Å². The third-order valence-electron chi connectivity index (χ3n) is 2.11. The zero-order valence-electron chi connectivity index (χ0n) is 9.51. The van der Waals surface area contributed by atoms with Gasteiger partial charge in [-0.2, -0.15) is 0 Å². The summed E-state index contributed by atoms with van der Waals surface area (Å²) in [6.07, 6.45) is 1.54. The molecule has 0 bridgehead atoms. The summed E-state index contributed by atoms with van der Waals surface area (Å²) < 4.78 is 4.56. The minimum Gasteiger partial charge on any atom is -0.463 e. The molecule has 0 saturated carbocycles. The van der Waals surface area contributed by atoms with Crippen LogP contribution in [0.4, 0.5) is 5.82 Å². The van der Waals surface area contributed by atoms with E-state index in [2.05, 4.69) is 14.7 Å². The smallest absolute Gasteiger partial charge is 0.376 e. The van der Waals surface area contributed by atoms with Gasteiger partial charge in [-0.25, -0.2) is 14.8 Å². The normalized spacial score (nSPS) is 9.94. The first kappa shape index (κ1) is 12.4. The zero-order valence-corrected chi connectivity index (χ0v) is 9.51. The second kappa shape index (κ2) is 6.02. The van der Waals surface area contributed by atoms with Crippen LogP contribution in [0.15, 0.2) is 12.3 Å². The maximum absolute atomic E-state index is 11.2. The van der Waals surface area contributed by atoms with E-state index in [9.17, 15) is 4.79 Å². The first-order valence-corrected chi connectivity index (χ1v) is 5.09. The molecule has 0 atom stereocenters. The fourth-order valence-corrected chi connectivity index (χ4v) is 1.31. The predicted molar refractivity (Wildman–Crippen MR) is 60.3 cm³/mol. The van der Waals surface area contributed by atoms with Gasteiger partial charge in [0.25, 0.3) is 0 Å². The number of methoxy groups -OCH3 is 1. The molecule has 6 heteroatoms. The van der Waals surface area contributed by atoms with E-state index in [0.29, 0.717) is 18.9 Å². The largest absolute Gasteiger partial charge is 0.463 e. The van der Waals surface area contributed by atoms with Crippen molar-refractivity contribution < 1.29 is 9.53 Å². The van der Waals surface area contributed by atoms with E-state index in [-0.39, 0.29) is 5.82 Å². The number of ether oxygens (including phenoxy) is 1. The van der Waals surface area contributed by atoms with Crippen molar-refractivity contribution in [2.75, 3.05) is 31.6 Å². The zero-order chi connectivity index (χ0) is 12.0. The fourth-order valence-electron chi connectivity index (χ4n) is 1.31. The van der Waals surface area contributed by atoms with Crippen molar-refractivity contribution in [1.82, 2.24) is 9.97 Å². The maximum atomic E-state index is 11.2. The fraction of sp³-hybridized carbons (Fsp3) is 0.500. The summed E-state index contributed by atoms with van der Waals surface area (Å²) >= 11 is 0. The topological polar surface area (TPSA) is 81.3 Å². The summed E-state index contributed by atoms with van der Waals surface area (Å²) in [4.78, 5) is 21.2. The molecule has 1 aromatic rings. The lowest BCUT2D eigenvalue weighted by Crippen LogP contribution is -2.30. The van der Waals surface area contributed by atoms with E-state index in [0.717, 1.165) is 6.54 Å². The van der Waals surface area contributed by atoms with Crippen LogP contribution in [0.5, 0.6) is 0 Å². The van der Waals surface area contributed by atoms with Gasteiger partial charge >= 0.3 is 5.97 Å². The first-order valence-electron chi connectivity index (χ1n) is 5.09. The molecule has 0 unspecified atom stereocenters. The molecule has 0 spiro atoms. The average Bonchev–Trinajstić information content (AvgIpc) is 2.35. The number of esters is 1. The molecular formula is C10H16N4O2. The van der Waals surface area contributed by atoms with E-state index < -0.39 is 5.97 Å². The molecule has 88 valence electrons. The van der Waals surface area contributed by atoms with E-state index in [1.165, 1.54) is 13.3 Å². The van der Waals surface area contributed by atoms with Crippen molar-refractivity contribution in [3.8, 4) is 0 Å². The number of hydrogen-bond acceptors (Lipinski definition) is 6. The molecule has 1 rings (SSSR count). The Morgan fingerprint density at radius 3 is 2.94 bits per heavy atom. The highest BCUT2D eigenvalue weighted by Gasteiger charge is 2.12. The van der Waals surface area contributed by atoms with Crippen LogP contribution < -0.4 is 10.6 Å². The number of likely N-dealkylation sites (N-methyl/N-ethyl adjacent to an activating group) is 1. The van der Waals surface area contributed by atoms with Crippen molar-refractivity contribution in [1.29, 1.82) is 0 Å². The number of carbonyl (C=O) groups is 1. The van der Waals surface area contributed by atoms with Gasteiger partial charge in [-0.1, -0.05) is 0 Å². The Labute approximate surface area is 94.4 Å². The molecule has 0 amide bonds. The van der Waals surface area contributed by atoms with Crippen LogP contribution in [0.2, 0.25) is 0 Å². The molecule has 0 fully saturated rings. The molecule has 0 aliphatic rings. The first-order chi connectivity index (χ1) is 7.72. The highest BCUT2D eigenvalue weighted by Crippen LogP contribution is 2.09. The number of nitrogens with zero attached hydrogens (tertiary/aromatic N) is 3. The molecule has 1 heterocycles. The van der Waals surface area contributed by atoms with E-state index in [4.69, 9.17) is 5.73 Å². The number of hydrogen-bond donors (Lipinski definition) is 1. The quantitative estimate of drug-likeness (QED) is 0.712. The molecular weight excluding hydrogens is 208 g/mol. The minimum atomic E-state index is -0.536. The minimum absolute atomic E-state index is 0.0653. The lowest BCUT2D eigenvalue weighted by molar-refractivity contribution is 0.0587. The third kappa shape index (κ3) is 2.90. The molecule has 0 aliphatic heterocycles. The Morgan fingerprint density at radius 1 is 1.62 bits per heavy atom. The second-order valence-electron chi connectivity index (χ2n) is 3.10. The maximum Gasteiger partial charge on any atom is 0.376 e. The molecule has 0 saturated heterocycles. The van der Waals surface area contributed by atoms with Gasteiger partial charge in [0.15, 0.2) is 0 Å². The van der Waals surface area contributed by atoms with Gasteiger partial charge in [0, 0.05) is 25.8 Å². The van der Waals surface area contributed by atoms with Crippen LogP contribution >= 0.6 is 0 Å². The highest BCUT2D eigenvalue weighted by molar-refractivity contribution is 5.85. The summed E-state index contributed by atoms with van der Waals surface area (Å²) in [6, 6.07) is 1.74. The molecule has 6 nitrogen and oxygen atoms in total. The van der Waals surface area contributed by atoms with Crippen LogP contribution in [0.25, 0.3) is 0 Å². The number of rotatable bonds is 5. The number of nitrogens with two attached hydrogens (primary N) is 1. The number of aromatic nitrogens is 2. The molecule has 16 heavy (non-hydrogen) atoms. The van der Waals surface area contributed by atoms with E-state index in [1.54, 1.807) is 6.07 Å². The van der Waals surface area contributed by atoms with Gasteiger partial charge in [-0.3, -0.25) is 0 Å². The molecule has 2 N–H and O–H groups in total. The predicted octanol–water partition coefficient (Wildman–Crippen LogP) is 0.0482. The average molecular weight is 224 g/mol. The Balaban J connectivity index is 2.92. The van der Waals surface area contributed by atoms with E-state index in [1.807, 2.05) is 11.8 Å². The van der Waals surface area contributed by atoms with Gasteiger partial charge in [-0.05, 0) is 13.0 Å². The van der Waals surface area contributed by atoms with Crippen LogP contribution in [0.3, 0.4) is 0 Å². The van der Waals surface area contributed by atoms with Crippen molar-refractivity contribution in [3.05, 3.63) is 18.1 Å². The summed E-state index contributed by atoms with van der Waals surface area (Å²) in [6.45, 7) is 3.99. The third-order valence-corrected chi connectivity index (χ3v) is 2.11. The Kier molecular flexibility index (Phi) is 4.65.